The first-order chi connectivity index (χ1) is 10.6. The van der Waals surface area contributed by atoms with E-state index in [0.717, 1.165) is 55.8 Å². The predicted molar refractivity (Wildman–Crippen MR) is 89.6 cm³/mol. The van der Waals surface area contributed by atoms with Crippen molar-refractivity contribution >= 4 is 28.2 Å². The fourth-order valence-electron chi connectivity index (χ4n) is 3.48. The number of hydrogen-bond donors (Lipinski definition) is 1. The fraction of sp³-hybridized carbons (Fsp3) is 0.647. The van der Waals surface area contributed by atoms with Crippen LogP contribution in [-0.2, 0) is 17.6 Å². The molecule has 5 heteroatoms. The molecule has 120 valence electrons. The Hall–Kier alpha value is -1.36. The summed E-state index contributed by atoms with van der Waals surface area (Å²) in [6, 6.07) is 0. The van der Waals surface area contributed by atoms with Gasteiger partial charge >= 0.3 is 0 Å². The molecule has 1 aromatic heterocycles. The molecule has 22 heavy (non-hydrogen) atoms. The molecule has 4 nitrogen and oxygen atoms in total. The molecule has 1 fully saturated rings. The maximum Gasteiger partial charge on any atom is 0.257 e. The third-order valence-corrected chi connectivity index (χ3v) is 5.83. The van der Waals surface area contributed by atoms with Crippen LogP contribution in [-0.4, -0.2) is 29.8 Å². The molecule has 1 aromatic rings. The van der Waals surface area contributed by atoms with E-state index in [-0.39, 0.29) is 11.8 Å². The fourth-order valence-corrected chi connectivity index (χ4v) is 4.93. The Morgan fingerprint density at radius 2 is 1.95 bits per heavy atom. The van der Waals surface area contributed by atoms with Crippen LogP contribution in [0.1, 0.15) is 60.3 Å². The Balaban J connectivity index is 1.96. The average Bonchev–Trinajstić information content (AvgIpc) is 2.83. The van der Waals surface area contributed by atoms with Gasteiger partial charge < -0.3 is 10.2 Å². The highest BCUT2D eigenvalue weighted by Crippen LogP contribution is 2.40. The highest BCUT2D eigenvalue weighted by Gasteiger charge is 2.30. The molecule has 1 unspecified atom stereocenters. The van der Waals surface area contributed by atoms with E-state index in [1.54, 1.807) is 11.3 Å². The Labute approximate surface area is 135 Å². The number of nitrogens with zero attached hydrogens (tertiary/aromatic N) is 1. The van der Waals surface area contributed by atoms with Crippen LogP contribution in [0, 0.1) is 5.92 Å². The standard InChI is InChI=1S/C17H24N2O2S/c1-11-6-7-13-14(10-11)22-16(18-12(2)20)15(13)17(21)19-8-4-3-5-9-19/h11H,3-10H2,1-2H3,(H,18,20). The molecule has 3 rings (SSSR count). The second-order valence-corrected chi connectivity index (χ2v) is 7.70. The van der Waals surface area contributed by atoms with Crippen molar-refractivity contribution in [2.45, 2.75) is 52.4 Å². The molecule has 0 spiro atoms. The van der Waals surface area contributed by atoms with Crippen LogP contribution in [0.15, 0.2) is 0 Å². The summed E-state index contributed by atoms with van der Waals surface area (Å²) in [6.45, 7) is 5.46. The van der Waals surface area contributed by atoms with Crippen LogP contribution in [0.3, 0.4) is 0 Å². The molecule has 2 heterocycles. The van der Waals surface area contributed by atoms with Crippen LogP contribution in [0.5, 0.6) is 0 Å². The molecule has 0 bridgehead atoms. The summed E-state index contributed by atoms with van der Waals surface area (Å²) >= 11 is 1.61. The summed E-state index contributed by atoms with van der Waals surface area (Å²) < 4.78 is 0. The smallest absolute Gasteiger partial charge is 0.257 e. The van der Waals surface area contributed by atoms with Gasteiger partial charge in [-0.3, -0.25) is 9.59 Å². The number of thiophene rings is 1. The summed E-state index contributed by atoms with van der Waals surface area (Å²) in [5.74, 6) is 0.684. The van der Waals surface area contributed by atoms with E-state index in [1.807, 2.05) is 4.90 Å². The van der Waals surface area contributed by atoms with Crippen LogP contribution in [0.4, 0.5) is 5.00 Å². The van der Waals surface area contributed by atoms with Gasteiger partial charge in [-0.25, -0.2) is 0 Å². The summed E-state index contributed by atoms with van der Waals surface area (Å²) in [5.41, 5.74) is 1.98. The monoisotopic (exact) mass is 320 g/mol. The molecule has 0 aromatic carbocycles. The molecule has 1 saturated heterocycles. The molecule has 1 N–H and O–H groups in total. The zero-order valence-corrected chi connectivity index (χ0v) is 14.2. The second kappa shape index (κ2) is 6.41. The first kappa shape index (κ1) is 15.5. The number of anilines is 1. The van der Waals surface area contributed by atoms with Gasteiger partial charge in [0.1, 0.15) is 5.00 Å². The van der Waals surface area contributed by atoms with Crippen LogP contribution >= 0.6 is 11.3 Å². The molecular weight excluding hydrogens is 296 g/mol. The minimum Gasteiger partial charge on any atom is -0.339 e. The van der Waals surface area contributed by atoms with Crippen LogP contribution in [0.2, 0.25) is 0 Å². The van der Waals surface area contributed by atoms with E-state index < -0.39 is 0 Å². The van der Waals surface area contributed by atoms with E-state index >= 15 is 0 Å². The van der Waals surface area contributed by atoms with E-state index in [4.69, 9.17) is 0 Å². The molecule has 2 amide bonds. The molecule has 1 aliphatic carbocycles. The minimum absolute atomic E-state index is 0.0978. The van der Waals surface area contributed by atoms with Gasteiger partial charge in [0.15, 0.2) is 0 Å². The Morgan fingerprint density at radius 3 is 2.64 bits per heavy atom. The topological polar surface area (TPSA) is 49.4 Å². The molecule has 1 aliphatic heterocycles. The lowest BCUT2D eigenvalue weighted by Crippen LogP contribution is -2.36. The van der Waals surface area contributed by atoms with Crippen molar-refractivity contribution < 1.29 is 9.59 Å². The van der Waals surface area contributed by atoms with Crippen LogP contribution < -0.4 is 5.32 Å². The maximum absolute atomic E-state index is 13.0. The zero-order valence-electron chi connectivity index (χ0n) is 13.4. The number of nitrogens with one attached hydrogen (secondary N) is 1. The van der Waals surface area contributed by atoms with Gasteiger partial charge in [0.2, 0.25) is 5.91 Å². The second-order valence-electron chi connectivity index (χ2n) is 6.59. The predicted octanol–water partition coefficient (Wildman–Crippen LogP) is 3.46. The lowest BCUT2D eigenvalue weighted by Gasteiger charge is -2.28. The lowest BCUT2D eigenvalue weighted by atomic mass is 9.88. The lowest BCUT2D eigenvalue weighted by molar-refractivity contribution is -0.114. The number of likely N-dealkylation sites (tertiary alicyclic amines) is 1. The highest BCUT2D eigenvalue weighted by atomic mass is 32.1. The first-order valence-corrected chi connectivity index (χ1v) is 9.09. The number of piperidine rings is 1. The number of rotatable bonds is 2. The minimum atomic E-state index is -0.0978. The molecule has 2 aliphatic rings. The zero-order chi connectivity index (χ0) is 15.7. The largest absolute Gasteiger partial charge is 0.339 e. The van der Waals surface area contributed by atoms with Gasteiger partial charge in [0, 0.05) is 24.9 Å². The van der Waals surface area contributed by atoms with Gasteiger partial charge in [-0.2, -0.15) is 0 Å². The number of hydrogen-bond acceptors (Lipinski definition) is 3. The number of carbonyl (C=O) groups excluding carboxylic acids is 2. The highest BCUT2D eigenvalue weighted by molar-refractivity contribution is 7.17. The molecule has 0 radical (unpaired) electrons. The van der Waals surface area contributed by atoms with Gasteiger partial charge in [0.05, 0.1) is 5.56 Å². The number of carbonyl (C=O) groups is 2. The van der Waals surface area contributed by atoms with E-state index in [1.165, 1.54) is 23.8 Å². The van der Waals surface area contributed by atoms with Crippen molar-refractivity contribution in [2.24, 2.45) is 5.92 Å². The Kier molecular flexibility index (Phi) is 4.52. The van der Waals surface area contributed by atoms with Crippen molar-refractivity contribution in [3.63, 3.8) is 0 Å². The molecular formula is C17H24N2O2S. The molecule has 1 atom stereocenters. The van der Waals surface area contributed by atoms with E-state index in [0.29, 0.717) is 5.92 Å². The third kappa shape index (κ3) is 3.05. The third-order valence-electron chi connectivity index (χ3n) is 4.66. The quantitative estimate of drug-likeness (QED) is 0.907. The maximum atomic E-state index is 13.0. The van der Waals surface area contributed by atoms with Crippen LogP contribution in [0.25, 0.3) is 0 Å². The van der Waals surface area contributed by atoms with Gasteiger partial charge in [-0.05, 0) is 50.0 Å². The Morgan fingerprint density at radius 1 is 1.23 bits per heavy atom. The summed E-state index contributed by atoms with van der Waals surface area (Å²) in [5, 5.41) is 3.66. The Bertz CT molecular complexity index is 588. The van der Waals surface area contributed by atoms with Crippen molar-refractivity contribution in [1.82, 2.24) is 4.90 Å². The van der Waals surface area contributed by atoms with Gasteiger partial charge in [-0.1, -0.05) is 6.92 Å². The number of amides is 2. The van der Waals surface area contributed by atoms with Crippen molar-refractivity contribution in [2.75, 3.05) is 18.4 Å². The first-order valence-electron chi connectivity index (χ1n) is 8.27. The van der Waals surface area contributed by atoms with Crippen molar-refractivity contribution in [3.05, 3.63) is 16.0 Å². The summed E-state index contributed by atoms with van der Waals surface area (Å²) in [4.78, 5) is 27.8. The summed E-state index contributed by atoms with van der Waals surface area (Å²) in [6.07, 6.45) is 6.50. The SMILES string of the molecule is CC(=O)Nc1sc2c(c1C(=O)N1CCCCC1)CCC(C)C2. The molecule has 0 saturated carbocycles. The summed E-state index contributed by atoms with van der Waals surface area (Å²) in [7, 11) is 0. The average molecular weight is 320 g/mol. The van der Waals surface area contributed by atoms with Crippen molar-refractivity contribution in [3.8, 4) is 0 Å². The van der Waals surface area contributed by atoms with E-state index in [9.17, 15) is 9.59 Å². The number of fused-ring (bicyclic) bond motifs is 1. The van der Waals surface area contributed by atoms with E-state index in [2.05, 4.69) is 12.2 Å². The van der Waals surface area contributed by atoms with Crippen molar-refractivity contribution in [1.29, 1.82) is 0 Å². The normalized spacial score (nSPS) is 21.4. The van der Waals surface area contributed by atoms with Gasteiger partial charge in [-0.15, -0.1) is 11.3 Å². The van der Waals surface area contributed by atoms with Gasteiger partial charge in [0.25, 0.3) is 5.91 Å².